The Labute approximate surface area is 95.5 Å². The standard InChI is InChI=1S/C11H19N3S/c1-9(11-13-6-7-15-11)14(2)8-10-4-3-5-12-10/h6-7,9-10,12H,3-5,8H2,1-2H3/t9-,10-/m1/s1. The molecule has 0 bridgehead atoms. The van der Waals surface area contributed by atoms with Gasteiger partial charge in [0.2, 0.25) is 0 Å². The first-order chi connectivity index (χ1) is 7.27. The molecule has 1 aromatic rings. The highest BCUT2D eigenvalue weighted by Gasteiger charge is 2.20. The summed E-state index contributed by atoms with van der Waals surface area (Å²) in [5.41, 5.74) is 0. The number of nitrogens with one attached hydrogen (secondary N) is 1. The summed E-state index contributed by atoms with van der Waals surface area (Å²) in [4.78, 5) is 6.76. The van der Waals surface area contributed by atoms with Crippen molar-refractivity contribution >= 4 is 11.3 Å². The van der Waals surface area contributed by atoms with Crippen LogP contribution in [0.15, 0.2) is 11.6 Å². The third-order valence-electron chi connectivity index (χ3n) is 3.14. The third-order valence-corrected chi connectivity index (χ3v) is 4.09. The minimum absolute atomic E-state index is 0.437. The Morgan fingerprint density at radius 1 is 1.73 bits per heavy atom. The Morgan fingerprint density at radius 3 is 3.20 bits per heavy atom. The fourth-order valence-electron chi connectivity index (χ4n) is 2.05. The van der Waals surface area contributed by atoms with Crippen molar-refractivity contribution in [1.82, 2.24) is 15.2 Å². The van der Waals surface area contributed by atoms with E-state index in [1.807, 2.05) is 11.6 Å². The van der Waals surface area contributed by atoms with Gasteiger partial charge in [0.1, 0.15) is 5.01 Å². The maximum atomic E-state index is 4.37. The molecule has 1 aromatic heterocycles. The lowest BCUT2D eigenvalue weighted by molar-refractivity contribution is 0.238. The summed E-state index contributed by atoms with van der Waals surface area (Å²) in [5, 5.41) is 6.80. The summed E-state index contributed by atoms with van der Waals surface area (Å²) in [7, 11) is 2.19. The van der Waals surface area contributed by atoms with E-state index in [9.17, 15) is 0 Å². The molecule has 0 amide bonds. The molecular formula is C11H19N3S. The van der Waals surface area contributed by atoms with Crippen LogP contribution in [0.4, 0.5) is 0 Å². The summed E-state index contributed by atoms with van der Waals surface area (Å²) in [6.07, 6.45) is 4.53. The number of aromatic nitrogens is 1. The number of hydrogen-bond donors (Lipinski definition) is 1. The van der Waals surface area contributed by atoms with Crippen molar-refractivity contribution in [2.45, 2.75) is 31.8 Å². The lowest BCUT2D eigenvalue weighted by Crippen LogP contribution is -2.36. The number of hydrogen-bond acceptors (Lipinski definition) is 4. The van der Waals surface area contributed by atoms with Crippen LogP contribution in [0.25, 0.3) is 0 Å². The van der Waals surface area contributed by atoms with E-state index in [0.717, 1.165) is 6.54 Å². The Hall–Kier alpha value is -0.450. The molecule has 0 aliphatic carbocycles. The molecule has 3 nitrogen and oxygen atoms in total. The van der Waals surface area contributed by atoms with E-state index in [2.05, 4.69) is 29.2 Å². The second kappa shape index (κ2) is 5.05. The Kier molecular flexibility index (Phi) is 3.72. The zero-order chi connectivity index (χ0) is 10.7. The van der Waals surface area contributed by atoms with E-state index < -0.39 is 0 Å². The molecule has 1 saturated heterocycles. The Bertz CT molecular complexity index is 280. The molecule has 2 atom stereocenters. The van der Waals surface area contributed by atoms with Gasteiger partial charge in [0.15, 0.2) is 0 Å². The monoisotopic (exact) mass is 225 g/mol. The van der Waals surface area contributed by atoms with Gasteiger partial charge in [-0.3, -0.25) is 4.90 Å². The fourth-order valence-corrected chi connectivity index (χ4v) is 2.81. The average molecular weight is 225 g/mol. The van der Waals surface area contributed by atoms with Crippen molar-refractivity contribution in [3.05, 3.63) is 16.6 Å². The van der Waals surface area contributed by atoms with Gasteiger partial charge in [0.05, 0.1) is 6.04 Å². The SMILES string of the molecule is C[C@H](c1nccs1)N(C)C[C@H]1CCCN1. The molecule has 1 N–H and O–H groups in total. The van der Waals surface area contributed by atoms with E-state index in [-0.39, 0.29) is 0 Å². The molecule has 2 rings (SSSR count). The van der Waals surface area contributed by atoms with Gasteiger partial charge in [0, 0.05) is 24.2 Å². The molecule has 0 radical (unpaired) electrons. The van der Waals surface area contributed by atoms with Crippen molar-refractivity contribution < 1.29 is 0 Å². The normalized spacial score (nSPS) is 23.5. The van der Waals surface area contributed by atoms with Crippen molar-refractivity contribution in [1.29, 1.82) is 0 Å². The summed E-state index contributed by atoms with van der Waals surface area (Å²) in [6.45, 7) is 4.54. The van der Waals surface area contributed by atoms with Gasteiger partial charge in [0.25, 0.3) is 0 Å². The highest BCUT2D eigenvalue weighted by Crippen LogP contribution is 2.21. The molecule has 2 heterocycles. The smallest absolute Gasteiger partial charge is 0.109 e. The molecule has 1 fully saturated rings. The maximum Gasteiger partial charge on any atom is 0.109 e. The van der Waals surface area contributed by atoms with Gasteiger partial charge in [-0.15, -0.1) is 11.3 Å². The third kappa shape index (κ3) is 2.77. The molecule has 0 spiro atoms. The van der Waals surface area contributed by atoms with Gasteiger partial charge < -0.3 is 5.32 Å². The van der Waals surface area contributed by atoms with E-state index in [1.54, 1.807) is 11.3 Å². The molecule has 4 heteroatoms. The number of thiazole rings is 1. The predicted molar refractivity (Wildman–Crippen MR) is 64.2 cm³/mol. The summed E-state index contributed by atoms with van der Waals surface area (Å²) < 4.78 is 0. The zero-order valence-corrected chi connectivity index (χ0v) is 10.3. The second-order valence-electron chi connectivity index (χ2n) is 4.28. The maximum absolute atomic E-state index is 4.37. The Morgan fingerprint density at radius 2 is 2.60 bits per heavy atom. The largest absolute Gasteiger partial charge is 0.313 e. The first-order valence-corrected chi connectivity index (χ1v) is 6.48. The minimum atomic E-state index is 0.437. The van der Waals surface area contributed by atoms with Crippen molar-refractivity contribution in [2.24, 2.45) is 0 Å². The molecule has 0 saturated carbocycles. The molecule has 0 unspecified atom stereocenters. The topological polar surface area (TPSA) is 28.2 Å². The zero-order valence-electron chi connectivity index (χ0n) is 9.44. The summed E-state index contributed by atoms with van der Waals surface area (Å²) in [5.74, 6) is 0. The predicted octanol–water partition coefficient (Wildman–Crippen LogP) is 1.89. The highest BCUT2D eigenvalue weighted by atomic mass is 32.1. The van der Waals surface area contributed by atoms with Crippen LogP contribution in [-0.4, -0.2) is 36.1 Å². The number of rotatable bonds is 4. The second-order valence-corrected chi connectivity index (χ2v) is 5.21. The molecule has 0 aromatic carbocycles. The van der Waals surface area contributed by atoms with Gasteiger partial charge in [-0.05, 0) is 33.4 Å². The van der Waals surface area contributed by atoms with E-state index in [4.69, 9.17) is 0 Å². The van der Waals surface area contributed by atoms with Crippen LogP contribution in [0.5, 0.6) is 0 Å². The first-order valence-electron chi connectivity index (χ1n) is 5.60. The van der Waals surface area contributed by atoms with Gasteiger partial charge >= 0.3 is 0 Å². The fraction of sp³-hybridized carbons (Fsp3) is 0.727. The number of nitrogens with zero attached hydrogens (tertiary/aromatic N) is 2. The highest BCUT2D eigenvalue weighted by molar-refractivity contribution is 7.09. The van der Waals surface area contributed by atoms with Crippen LogP contribution in [0.1, 0.15) is 30.8 Å². The van der Waals surface area contributed by atoms with Crippen LogP contribution in [0.3, 0.4) is 0 Å². The molecule has 1 aliphatic rings. The molecule has 15 heavy (non-hydrogen) atoms. The Balaban J connectivity index is 1.87. The molecule has 1 aliphatic heterocycles. The summed E-state index contributed by atoms with van der Waals surface area (Å²) >= 11 is 1.74. The van der Waals surface area contributed by atoms with Gasteiger partial charge in [-0.1, -0.05) is 0 Å². The lowest BCUT2D eigenvalue weighted by Gasteiger charge is -2.26. The minimum Gasteiger partial charge on any atom is -0.313 e. The van der Waals surface area contributed by atoms with Crippen LogP contribution < -0.4 is 5.32 Å². The van der Waals surface area contributed by atoms with Crippen LogP contribution in [-0.2, 0) is 0 Å². The van der Waals surface area contributed by atoms with Gasteiger partial charge in [-0.2, -0.15) is 0 Å². The number of likely N-dealkylation sites (N-methyl/N-ethyl adjacent to an activating group) is 1. The van der Waals surface area contributed by atoms with E-state index in [1.165, 1.54) is 24.4 Å². The molecular weight excluding hydrogens is 206 g/mol. The van der Waals surface area contributed by atoms with E-state index in [0.29, 0.717) is 12.1 Å². The van der Waals surface area contributed by atoms with Crippen LogP contribution >= 0.6 is 11.3 Å². The van der Waals surface area contributed by atoms with Crippen molar-refractivity contribution in [3.8, 4) is 0 Å². The average Bonchev–Trinajstić information content (AvgIpc) is 2.88. The first kappa shape index (κ1) is 11.0. The van der Waals surface area contributed by atoms with Crippen molar-refractivity contribution in [2.75, 3.05) is 20.1 Å². The molecule has 84 valence electrons. The van der Waals surface area contributed by atoms with Gasteiger partial charge in [-0.25, -0.2) is 4.98 Å². The quantitative estimate of drug-likeness (QED) is 0.848. The van der Waals surface area contributed by atoms with E-state index >= 15 is 0 Å². The van der Waals surface area contributed by atoms with Crippen LogP contribution in [0, 0.1) is 0 Å². The lowest BCUT2D eigenvalue weighted by atomic mass is 10.2. The van der Waals surface area contributed by atoms with Crippen molar-refractivity contribution in [3.63, 3.8) is 0 Å². The van der Waals surface area contributed by atoms with Crippen LogP contribution in [0.2, 0.25) is 0 Å². The summed E-state index contributed by atoms with van der Waals surface area (Å²) in [6, 6.07) is 1.12.